The fraction of sp³-hybridized carbons (Fsp3) is 0.100. The summed E-state index contributed by atoms with van der Waals surface area (Å²) in [5.74, 6) is 0.432. The van der Waals surface area contributed by atoms with Crippen LogP contribution in [0.15, 0.2) is 65.0 Å². The fourth-order valence-electron chi connectivity index (χ4n) is 2.49. The highest BCUT2D eigenvalue weighted by Crippen LogP contribution is 2.29. The second kappa shape index (κ2) is 7.96. The van der Waals surface area contributed by atoms with E-state index < -0.39 is 28.8 Å². The van der Waals surface area contributed by atoms with Gasteiger partial charge in [0.1, 0.15) is 17.1 Å². The Bertz CT molecular complexity index is 1160. The van der Waals surface area contributed by atoms with Gasteiger partial charge in [0.15, 0.2) is 4.77 Å². The summed E-state index contributed by atoms with van der Waals surface area (Å²) < 4.78 is 45.0. The summed E-state index contributed by atoms with van der Waals surface area (Å²) in [6, 6.07) is 15.4. The van der Waals surface area contributed by atoms with Crippen LogP contribution in [0.3, 0.4) is 0 Å². The molecule has 3 rings (SSSR count). The van der Waals surface area contributed by atoms with E-state index in [2.05, 4.69) is 4.98 Å². The van der Waals surface area contributed by atoms with E-state index in [1.807, 2.05) is 18.2 Å². The van der Waals surface area contributed by atoms with Crippen molar-refractivity contribution in [1.82, 2.24) is 9.55 Å². The minimum absolute atomic E-state index is 0.161. The second-order valence-electron chi connectivity index (χ2n) is 6.07. The van der Waals surface area contributed by atoms with Gasteiger partial charge in [0.05, 0.1) is 5.69 Å². The molecule has 9 heteroatoms. The lowest BCUT2D eigenvalue weighted by atomic mass is 10.2. The summed E-state index contributed by atoms with van der Waals surface area (Å²) in [6.45, 7) is 0.806. The van der Waals surface area contributed by atoms with E-state index in [0.717, 1.165) is 11.5 Å². The highest BCUT2D eigenvalue weighted by molar-refractivity contribution is 7.71. The van der Waals surface area contributed by atoms with Gasteiger partial charge in [0.2, 0.25) is 5.88 Å². The van der Waals surface area contributed by atoms with Crippen molar-refractivity contribution in [2.45, 2.75) is 13.1 Å². The molecule has 0 saturated carbocycles. The van der Waals surface area contributed by atoms with Crippen LogP contribution >= 0.6 is 12.2 Å². The number of nitrogens with one attached hydrogen (secondary N) is 1. The van der Waals surface area contributed by atoms with E-state index in [1.165, 1.54) is 0 Å². The third-order valence-electron chi connectivity index (χ3n) is 4.00. The second-order valence-corrected chi connectivity index (χ2v) is 6.45. The Balaban J connectivity index is 2.02. The van der Waals surface area contributed by atoms with E-state index >= 15 is 0 Å². The number of aromatic hydroxyl groups is 1. The number of ether oxygens (including phenoxy) is 1. The Morgan fingerprint density at radius 2 is 1.69 bits per heavy atom. The molecule has 0 atom stereocenters. The summed E-state index contributed by atoms with van der Waals surface area (Å²) in [7, 11) is 0. The van der Waals surface area contributed by atoms with Crippen molar-refractivity contribution in [2.75, 3.05) is 0 Å². The summed E-state index contributed by atoms with van der Waals surface area (Å²) in [5.41, 5.74) is -2.16. The van der Waals surface area contributed by atoms with Crippen LogP contribution in [0.2, 0.25) is 0 Å². The maximum Gasteiger partial charge on any atom is 0.412 e. The third-order valence-corrected chi connectivity index (χ3v) is 4.29. The van der Waals surface area contributed by atoms with Gasteiger partial charge < -0.3 is 9.84 Å². The molecule has 0 aliphatic rings. The zero-order chi connectivity index (χ0) is 21.2. The first-order valence-corrected chi connectivity index (χ1v) is 8.75. The first-order chi connectivity index (χ1) is 13.7. The summed E-state index contributed by atoms with van der Waals surface area (Å²) in [4.78, 5) is 14.3. The lowest BCUT2D eigenvalue weighted by molar-refractivity contribution is -0.0903. The predicted octanol–water partition coefficient (Wildman–Crippen LogP) is 5.36. The molecule has 0 spiro atoms. The van der Waals surface area contributed by atoms with Gasteiger partial charge in [0, 0.05) is 5.57 Å². The number of aromatic nitrogens is 2. The number of nitrogens with zero attached hydrogens (tertiary/aromatic N) is 1. The van der Waals surface area contributed by atoms with Gasteiger partial charge in [-0.15, -0.1) is 0 Å². The van der Waals surface area contributed by atoms with Crippen molar-refractivity contribution < 1.29 is 23.0 Å². The quantitative estimate of drug-likeness (QED) is 0.558. The number of allylic oxidation sites excluding steroid dienone is 1. The maximum absolute atomic E-state index is 12.8. The average molecular weight is 420 g/mol. The molecule has 0 aliphatic carbocycles. The first kappa shape index (κ1) is 20.4. The zero-order valence-electron chi connectivity index (χ0n) is 15.0. The molecule has 0 amide bonds. The van der Waals surface area contributed by atoms with E-state index in [0.29, 0.717) is 23.3 Å². The van der Waals surface area contributed by atoms with Crippen molar-refractivity contribution in [2.24, 2.45) is 0 Å². The molecule has 5 nitrogen and oxygen atoms in total. The standard InChI is InChI=1S/C20H15F3N2O3S/c1-12(20(21,22)23)11-16-17(26)24-19(29)25(18(16)27)13-7-9-15(10-8-13)28-14-5-3-2-4-6-14/h2-11,27H,1H3,(H,24,26,29). The van der Waals surface area contributed by atoms with Crippen LogP contribution in [0, 0.1) is 4.77 Å². The number of para-hydroxylation sites is 1. The van der Waals surface area contributed by atoms with Crippen LogP contribution in [0.5, 0.6) is 17.4 Å². The highest BCUT2D eigenvalue weighted by Gasteiger charge is 2.30. The molecule has 0 fully saturated rings. The van der Waals surface area contributed by atoms with E-state index in [9.17, 15) is 23.1 Å². The fourth-order valence-corrected chi connectivity index (χ4v) is 2.78. The van der Waals surface area contributed by atoms with E-state index in [4.69, 9.17) is 17.0 Å². The Labute approximate surface area is 168 Å². The van der Waals surface area contributed by atoms with Crippen molar-refractivity contribution in [1.29, 1.82) is 0 Å². The predicted molar refractivity (Wildman–Crippen MR) is 105 cm³/mol. The topological polar surface area (TPSA) is 67.2 Å². The van der Waals surface area contributed by atoms with Crippen LogP contribution < -0.4 is 10.3 Å². The normalized spacial score (nSPS) is 12.1. The third kappa shape index (κ3) is 4.57. The summed E-state index contributed by atoms with van der Waals surface area (Å²) in [6.07, 6.45) is -4.06. The number of alkyl halides is 3. The van der Waals surface area contributed by atoms with Crippen molar-refractivity contribution in [3.05, 3.63) is 80.9 Å². The summed E-state index contributed by atoms with van der Waals surface area (Å²) in [5, 5.41) is 10.5. The van der Waals surface area contributed by atoms with Gasteiger partial charge >= 0.3 is 6.18 Å². The van der Waals surface area contributed by atoms with Crippen LogP contribution in [0.25, 0.3) is 11.8 Å². The van der Waals surface area contributed by atoms with Gasteiger partial charge in [-0.25, -0.2) is 0 Å². The smallest absolute Gasteiger partial charge is 0.412 e. The molecule has 0 unspecified atom stereocenters. The molecule has 2 aromatic carbocycles. The minimum Gasteiger partial charge on any atom is -0.494 e. The van der Waals surface area contributed by atoms with Crippen LogP contribution in [-0.2, 0) is 0 Å². The van der Waals surface area contributed by atoms with Crippen molar-refractivity contribution in [3.63, 3.8) is 0 Å². The molecule has 0 saturated heterocycles. The number of aromatic amines is 1. The molecule has 150 valence electrons. The SMILES string of the molecule is CC(=Cc1c(O)n(-c2ccc(Oc3ccccc3)cc2)c(=S)[nH]c1=O)C(F)(F)F. The lowest BCUT2D eigenvalue weighted by Crippen LogP contribution is -2.17. The lowest BCUT2D eigenvalue weighted by Gasteiger charge is -2.13. The number of H-pyrrole nitrogens is 1. The van der Waals surface area contributed by atoms with Crippen molar-refractivity contribution in [3.8, 4) is 23.1 Å². The minimum atomic E-state index is -4.63. The van der Waals surface area contributed by atoms with Gasteiger partial charge in [-0.1, -0.05) is 18.2 Å². The molecule has 0 radical (unpaired) electrons. The Morgan fingerprint density at radius 3 is 2.28 bits per heavy atom. The number of hydrogen-bond donors (Lipinski definition) is 2. The van der Waals surface area contributed by atoms with E-state index in [1.54, 1.807) is 36.4 Å². The first-order valence-electron chi connectivity index (χ1n) is 8.34. The zero-order valence-corrected chi connectivity index (χ0v) is 15.8. The van der Waals surface area contributed by atoms with Crippen LogP contribution in [-0.4, -0.2) is 20.8 Å². The maximum atomic E-state index is 12.8. The largest absolute Gasteiger partial charge is 0.494 e. The highest BCUT2D eigenvalue weighted by atomic mass is 32.1. The van der Waals surface area contributed by atoms with Gasteiger partial charge in [-0.2, -0.15) is 13.2 Å². The molecule has 1 heterocycles. The number of benzene rings is 2. The Morgan fingerprint density at radius 1 is 1.10 bits per heavy atom. The van der Waals surface area contributed by atoms with Gasteiger partial charge in [-0.05, 0) is 61.6 Å². The molecule has 2 N–H and O–H groups in total. The number of hydrogen-bond acceptors (Lipinski definition) is 4. The number of halogens is 3. The Kier molecular flexibility index (Phi) is 5.60. The monoisotopic (exact) mass is 420 g/mol. The van der Waals surface area contributed by atoms with Gasteiger partial charge in [-0.3, -0.25) is 14.3 Å². The molecule has 3 aromatic rings. The molecule has 1 aromatic heterocycles. The summed E-state index contributed by atoms with van der Waals surface area (Å²) >= 11 is 5.07. The van der Waals surface area contributed by atoms with Crippen molar-refractivity contribution >= 4 is 18.3 Å². The number of rotatable bonds is 4. The van der Waals surface area contributed by atoms with E-state index in [-0.39, 0.29) is 4.77 Å². The molecular weight excluding hydrogens is 405 g/mol. The van der Waals surface area contributed by atoms with Crippen LogP contribution in [0.1, 0.15) is 12.5 Å². The average Bonchev–Trinajstić information content (AvgIpc) is 2.66. The molecular formula is C20H15F3N2O3S. The van der Waals surface area contributed by atoms with Gasteiger partial charge in [0.25, 0.3) is 5.56 Å². The molecule has 0 bridgehead atoms. The molecule has 29 heavy (non-hydrogen) atoms. The molecule has 0 aliphatic heterocycles. The Hall–Kier alpha value is -3.33. The van der Waals surface area contributed by atoms with Crippen LogP contribution in [0.4, 0.5) is 13.2 Å².